The quantitative estimate of drug-likeness (QED) is 0.416. The van der Waals surface area contributed by atoms with E-state index in [-0.39, 0.29) is 12.4 Å². The van der Waals surface area contributed by atoms with Crippen molar-refractivity contribution in [3.05, 3.63) is 66.2 Å². The summed E-state index contributed by atoms with van der Waals surface area (Å²) in [7, 11) is 6.61. The third kappa shape index (κ3) is 6.13. The fraction of sp³-hybridized carbons (Fsp3) is 0.357. The minimum absolute atomic E-state index is 0. The molecule has 1 fully saturated rings. The van der Waals surface area contributed by atoms with Crippen LogP contribution >= 0.6 is 12.4 Å². The molecule has 0 radical (unpaired) electrons. The van der Waals surface area contributed by atoms with Crippen LogP contribution in [0.25, 0.3) is 11.1 Å². The maximum absolute atomic E-state index is 5.56. The van der Waals surface area contributed by atoms with Crippen molar-refractivity contribution in [2.45, 2.75) is 25.4 Å². The monoisotopic (exact) mass is 498 g/mol. The minimum atomic E-state index is 0. The molecule has 188 valence electrons. The predicted molar refractivity (Wildman–Crippen MR) is 144 cm³/mol. The lowest BCUT2D eigenvalue weighted by Crippen LogP contribution is -2.43. The van der Waals surface area contributed by atoms with E-state index in [4.69, 9.17) is 18.9 Å². The number of methoxy groups -OCH3 is 4. The van der Waals surface area contributed by atoms with Gasteiger partial charge in [-0.25, -0.2) is 0 Å². The molecule has 7 heteroatoms. The molecule has 0 amide bonds. The molecule has 1 heterocycles. The van der Waals surface area contributed by atoms with Crippen LogP contribution in [-0.2, 0) is 6.54 Å². The summed E-state index contributed by atoms with van der Waals surface area (Å²) in [5.41, 5.74) is 4.59. The highest BCUT2D eigenvalue weighted by molar-refractivity contribution is 5.85. The van der Waals surface area contributed by atoms with Gasteiger partial charge in [0.2, 0.25) is 5.75 Å². The van der Waals surface area contributed by atoms with Gasteiger partial charge in [-0.3, -0.25) is 0 Å². The van der Waals surface area contributed by atoms with Crippen molar-refractivity contribution in [3.8, 4) is 34.1 Å². The standard InChI is InChI=1S/C28H34N2O4.ClH/c1-31-25-10-8-23(9-11-25)30(24-12-14-29-15-13-24)19-20-6-5-7-21(16-20)22-17-26(32-2)28(34-4)27(18-22)33-3;/h5-11,16-18,24,29H,12-15,19H2,1-4H3;1H. The van der Waals surface area contributed by atoms with Gasteiger partial charge in [0.25, 0.3) is 0 Å². The highest BCUT2D eigenvalue weighted by Gasteiger charge is 2.22. The van der Waals surface area contributed by atoms with Crippen LogP contribution in [0.5, 0.6) is 23.0 Å². The van der Waals surface area contributed by atoms with E-state index in [9.17, 15) is 0 Å². The summed E-state index contributed by atoms with van der Waals surface area (Å²) in [5, 5.41) is 3.48. The maximum Gasteiger partial charge on any atom is 0.203 e. The van der Waals surface area contributed by atoms with Crippen LogP contribution in [0.3, 0.4) is 0 Å². The third-order valence-electron chi connectivity index (χ3n) is 6.43. The van der Waals surface area contributed by atoms with E-state index in [1.165, 1.54) is 11.3 Å². The molecule has 0 bridgehead atoms. The lowest BCUT2D eigenvalue weighted by Gasteiger charge is -2.36. The molecule has 1 aliphatic rings. The summed E-state index contributed by atoms with van der Waals surface area (Å²) in [6.45, 7) is 2.92. The first-order valence-corrected chi connectivity index (χ1v) is 11.7. The van der Waals surface area contributed by atoms with Gasteiger partial charge in [-0.05, 0) is 85.1 Å². The van der Waals surface area contributed by atoms with E-state index < -0.39 is 0 Å². The highest BCUT2D eigenvalue weighted by atomic mass is 35.5. The summed E-state index contributed by atoms with van der Waals surface area (Å²) in [5.74, 6) is 2.77. The van der Waals surface area contributed by atoms with E-state index in [0.29, 0.717) is 23.3 Å². The van der Waals surface area contributed by atoms with Crippen LogP contribution in [0, 0.1) is 0 Å². The van der Waals surface area contributed by atoms with Gasteiger partial charge in [-0.15, -0.1) is 12.4 Å². The number of rotatable bonds is 9. The van der Waals surface area contributed by atoms with Gasteiger partial charge in [0, 0.05) is 18.3 Å². The average molecular weight is 499 g/mol. The largest absolute Gasteiger partial charge is 0.497 e. The molecular formula is C28H35ClN2O4. The summed E-state index contributed by atoms with van der Waals surface area (Å²) in [4.78, 5) is 2.52. The van der Waals surface area contributed by atoms with Crippen LogP contribution < -0.4 is 29.2 Å². The summed E-state index contributed by atoms with van der Waals surface area (Å²) in [6.07, 6.45) is 2.25. The van der Waals surface area contributed by atoms with Gasteiger partial charge in [0.1, 0.15) is 5.75 Å². The molecule has 0 unspecified atom stereocenters. The number of benzene rings is 3. The molecule has 0 aliphatic carbocycles. The second-order valence-corrected chi connectivity index (χ2v) is 8.42. The number of piperidine rings is 1. The first-order valence-electron chi connectivity index (χ1n) is 11.7. The van der Waals surface area contributed by atoms with Gasteiger partial charge >= 0.3 is 0 Å². The van der Waals surface area contributed by atoms with E-state index in [1.54, 1.807) is 28.4 Å². The molecule has 0 spiro atoms. The first kappa shape index (κ1) is 26.5. The topological polar surface area (TPSA) is 52.2 Å². The van der Waals surface area contributed by atoms with Crippen molar-refractivity contribution in [2.24, 2.45) is 0 Å². The zero-order valence-corrected chi connectivity index (χ0v) is 21.7. The molecule has 6 nitrogen and oxygen atoms in total. The zero-order valence-electron chi connectivity index (χ0n) is 20.9. The number of ether oxygens (including phenoxy) is 4. The number of halogens is 1. The Morgan fingerprint density at radius 3 is 2.00 bits per heavy atom. The molecule has 0 aromatic heterocycles. The second-order valence-electron chi connectivity index (χ2n) is 8.42. The van der Waals surface area contributed by atoms with Crippen LogP contribution in [0.2, 0.25) is 0 Å². The van der Waals surface area contributed by atoms with Crippen molar-refractivity contribution >= 4 is 18.1 Å². The minimum Gasteiger partial charge on any atom is -0.497 e. The molecule has 3 aromatic carbocycles. The molecule has 0 atom stereocenters. The number of hydrogen-bond acceptors (Lipinski definition) is 6. The van der Waals surface area contributed by atoms with Gasteiger partial charge in [-0.1, -0.05) is 18.2 Å². The fourth-order valence-corrected chi connectivity index (χ4v) is 4.62. The van der Waals surface area contributed by atoms with Crippen molar-refractivity contribution in [1.29, 1.82) is 0 Å². The lowest BCUT2D eigenvalue weighted by molar-refractivity contribution is 0.324. The van der Waals surface area contributed by atoms with E-state index in [0.717, 1.165) is 49.4 Å². The Balaban J connectivity index is 0.00000342. The molecule has 35 heavy (non-hydrogen) atoms. The second kappa shape index (κ2) is 12.6. The van der Waals surface area contributed by atoms with E-state index >= 15 is 0 Å². The molecular weight excluding hydrogens is 464 g/mol. The predicted octanol–water partition coefficient (Wildman–Crippen LogP) is 5.57. The molecule has 1 saturated heterocycles. The Labute approximate surface area is 214 Å². The Hall–Kier alpha value is -3.09. The first-order chi connectivity index (χ1) is 16.7. The smallest absolute Gasteiger partial charge is 0.203 e. The van der Waals surface area contributed by atoms with Crippen molar-refractivity contribution in [1.82, 2.24) is 5.32 Å². The molecule has 0 saturated carbocycles. The van der Waals surface area contributed by atoms with E-state index in [1.807, 2.05) is 24.3 Å². The van der Waals surface area contributed by atoms with Gasteiger partial charge in [0.15, 0.2) is 11.5 Å². The molecule has 1 aliphatic heterocycles. The Kier molecular flexibility index (Phi) is 9.52. The summed E-state index contributed by atoms with van der Waals surface area (Å²) in [6, 6.07) is 21.5. The van der Waals surface area contributed by atoms with Gasteiger partial charge < -0.3 is 29.2 Å². The lowest BCUT2D eigenvalue weighted by atomic mass is 9.99. The maximum atomic E-state index is 5.56. The Bertz CT molecular complexity index is 1060. The van der Waals surface area contributed by atoms with Crippen molar-refractivity contribution in [3.63, 3.8) is 0 Å². The number of hydrogen-bond donors (Lipinski definition) is 1. The average Bonchev–Trinajstić information content (AvgIpc) is 2.91. The Morgan fingerprint density at radius 1 is 0.771 bits per heavy atom. The molecule has 4 rings (SSSR count). The van der Waals surface area contributed by atoms with E-state index in [2.05, 4.69) is 46.6 Å². The summed E-state index contributed by atoms with van der Waals surface area (Å²) >= 11 is 0. The van der Waals surface area contributed by atoms with Gasteiger partial charge in [0.05, 0.1) is 28.4 Å². The number of nitrogens with zero attached hydrogens (tertiary/aromatic N) is 1. The van der Waals surface area contributed by atoms with Gasteiger partial charge in [-0.2, -0.15) is 0 Å². The Morgan fingerprint density at radius 2 is 1.43 bits per heavy atom. The summed E-state index contributed by atoms with van der Waals surface area (Å²) < 4.78 is 22.0. The number of nitrogens with one attached hydrogen (secondary N) is 1. The number of anilines is 1. The molecule has 3 aromatic rings. The van der Waals surface area contributed by atoms with Crippen molar-refractivity contribution in [2.75, 3.05) is 46.4 Å². The zero-order chi connectivity index (χ0) is 23.9. The normalized spacial score (nSPS) is 13.5. The van der Waals surface area contributed by atoms with Crippen LogP contribution in [0.4, 0.5) is 5.69 Å². The third-order valence-corrected chi connectivity index (χ3v) is 6.43. The molecule has 1 N–H and O–H groups in total. The van der Waals surface area contributed by atoms with Crippen LogP contribution in [0.1, 0.15) is 18.4 Å². The van der Waals surface area contributed by atoms with Crippen LogP contribution in [-0.4, -0.2) is 47.6 Å². The highest BCUT2D eigenvalue weighted by Crippen LogP contribution is 2.41. The van der Waals surface area contributed by atoms with Crippen LogP contribution in [0.15, 0.2) is 60.7 Å². The van der Waals surface area contributed by atoms with Crippen molar-refractivity contribution < 1.29 is 18.9 Å². The fourth-order valence-electron chi connectivity index (χ4n) is 4.62. The SMILES string of the molecule is COc1ccc(N(Cc2cccc(-c3cc(OC)c(OC)c(OC)c3)c2)C2CCNCC2)cc1.Cl.